The average molecular weight is 333 g/mol. The summed E-state index contributed by atoms with van der Waals surface area (Å²) in [5.41, 5.74) is 2.20. The minimum absolute atomic E-state index is 0.0533. The summed E-state index contributed by atoms with van der Waals surface area (Å²) in [6, 6.07) is 0. The van der Waals surface area contributed by atoms with Crippen molar-refractivity contribution in [3.8, 4) is 0 Å². The zero-order chi connectivity index (χ0) is 16.9. The van der Waals surface area contributed by atoms with E-state index in [0.717, 1.165) is 56.6 Å². The van der Waals surface area contributed by atoms with Gasteiger partial charge in [-0.1, -0.05) is 0 Å². The van der Waals surface area contributed by atoms with E-state index in [9.17, 15) is 9.59 Å². The van der Waals surface area contributed by atoms with Crippen LogP contribution in [-0.2, 0) is 16.0 Å². The Kier molecular flexibility index (Phi) is 5.50. The predicted octanol–water partition coefficient (Wildman–Crippen LogP) is 0.500. The van der Waals surface area contributed by atoms with E-state index in [-0.39, 0.29) is 17.7 Å². The van der Waals surface area contributed by atoms with Crippen LogP contribution in [0.4, 0.5) is 0 Å². The molecule has 0 aromatic carbocycles. The molecule has 2 amide bonds. The molecule has 7 heteroatoms. The molecule has 1 fully saturated rings. The number of hydrogen-bond acceptors (Lipinski definition) is 4. The van der Waals surface area contributed by atoms with Crippen molar-refractivity contribution >= 4 is 11.8 Å². The van der Waals surface area contributed by atoms with Gasteiger partial charge in [-0.2, -0.15) is 5.10 Å². The summed E-state index contributed by atoms with van der Waals surface area (Å²) in [4.78, 5) is 28.9. The number of fused-ring (bicyclic) bond motifs is 1. The molecular formula is C17H27N5O2. The lowest BCUT2D eigenvalue weighted by Gasteiger charge is -2.28. The number of amides is 2. The van der Waals surface area contributed by atoms with Gasteiger partial charge in [0, 0.05) is 44.0 Å². The molecule has 7 nitrogen and oxygen atoms in total. The Bertz CT molecular complexity index is 585. The number of aromatic amines is 1. The topological polar surface area (TPSA) is 81.3 Å². The van der Waals surface area contributed by atoms with Crippen LogP contribution in [0.1, 0.15) is 43.4 Å². The Morgan fingerprint density at radius 1 is 1.29 bits per heavy atom. The first kappa shape index (κ1) is 17.0. The molecule has 2 heterocycles. The van der Waals surface area contributed by atoms with Gasteiger partial charge in [0.05, 0.1) is 18.7 Å². The molecule has 1 saturated heterocycles. The van der Waals surface area contributed by atoms with Gasteiger partial charge in [0.1, 0.15) is 0 Å². The Labute approximate surface area is 142 Å². The van der Waals surface area contributed by atoms with Crippen LogP contribution in [0.5, 0.6) is 0 Å². The largest absolute Gasteiger partial charge is 0.355 e. The van der Waals surface area contributed by atoms with Gasteiger partial charge in [-0.25, -0.2) is 0 Å². The average Bonchev–Trinajstić information content (AvgIpc) is 2.94. The molecule has 2 N–H and O–H groups in total. The lowest BCUT2D eigenvalue weighted by atomic mass is 9.86. The molecular weight excluding hydrogens is 306 g/mol. The summed E-state index contributed by atoms with van der Waals surface area (Å²) < 4.78 is 0. The third-order valence-corrected chi connectivity index (χ3v) is 4.99. The number of H-pyrrole nitrogens is 1. The summed E-state index contributed by atoms with van der Waals surface area (Å²) in [6.45, 7) is 6.10. The van der Waals surface area contributed by atoms with Crippen LogP contribution >= 0.6 is 0 Å². The fourth-order valence-electron chi connectivity index (χ4n) is 3.74. The van der Waals surface area contributed by atoms with E-state index >= 15 is 0 Å². The van der Waals surface area contributed by atoms with Gasteiger partial charge in [0.25, 0.3) is 0 Å². The number of hydrogen-bond donors (Lipinski definition) is 2. The summed E-state index contributed by atoms with van der Waals surface area (Å²) in [5, 5.41) is 9.97. The van der Waals surface area contributed by atoms with E-state index in [1.54, 1.807) is 0 Å². The lowest BCUT2D eigenvalue weighted by Crippen LogP contribution is -2.41. The Morgan fingerprint density at radius 3 is 3.00 bits per heavy atom. The van der Waals surface area contributed by atoms with Crippen LogP contribution in [-0.4, -0.2) is 71.1 Å². The third kappa shape index (κ3) is 3.77. The zero-order valence-electron chi connectivity index (χ0n) is 14.4. The van der Waals surface area contributed by atoms with E-state index < -0.39 is 0 Å². The molecule has 1 aliphatic carbocycles. The summed E-state index contributed by atoms with van der Waals surface area (Å²) in [5.74, 6) is 0.229. The van der Waals surface area contributed by atoms with Gasteiger partial charge < -0.3 is 10.2 Å². The first-order chi connectivity index (χ1) is 11.7. The third-order valence-electron chi connectivity index (χ3n) is 4.99. The van der Waals surface area contributed by atoms with E-state index in [2.05, 4.69) is 20.4 Å². The molecule has 0 spiro atoms. The van der Waals surface area contributed by atoms with Crippen LogP contribution in [0.2, 0.25) is 0 Å². The number of rotatable bonds is 4. The van der Waals surface area contributed by atoms with Crippen LogP contribution in [0, 0.1) is 0 Å². The van der Waals surface area contributed by atoms with Crippen molar-refractivity contribution in [3.63, 3.8) is 0 Å². The van der Waals surface area contributed by atoms with Crippen molar-refractivity contribution < 1.29 is 9.59 Å². The SMILES string of the molecule is CCNC(=O)CN1CCCN(C(=O)[C@@H]2CCCc3[nH]ncc32)CC1. The van der Waals surface area contributed by atoms with Crippen LogP contribution in [0.25, 0.3) is 0 Å². The van der Waals surface area contributed by atoms with Crippen LogP contribution in [0.15, 0.2) is 6.20 Å². The molecule has 24 heavy (non-hydrogen) atoms. The molecule has 3 rings (SSSR count). The number of carbonyl (C=O) groups is 2. The molecule has 0 bridgehead atoms. The molecule has 1 aromatic rings. The molecule has 132 valence electrons. The normalized spacial score (nSPS) is 21.9. The fourth-order valence-corrected chi connectivity index (χ4v) is 3.74. The summed E-state index contributed by atoms with van der Waals surface area (Å²) >= 11 is 0. The highest BCUT2D eigenvalue weighted by Gasteiger charge is 2.32. The molecule has 0 saturated carbocycles. The van der Waals surface area contributed by atoms with Gasteiger partial charge in [-0.05, 0) is 32.6 Å². The quantitative estimate of drug-likeness (QED) is 0.841. The van der Waals surface area contributed by atoms with E-state index in [1.807, 2.05) is 18.0 Å². The van der Waals surface area contributed by atoms with Crippen molar-refractivity contribution in [1.82, 2.24) is 25.3 Å². The Morgan fingerprint density at radius 2 is 2.17 bits per heavy atom. The maximum Gasteiger partial charge on any atom is 0.234 e. The maximum absolute atomic E-state index is 13.0. The van der Waals surface area contributed by atoms with E-state index in [4.69, 9.17) is 0 Å². The second kappa shape index (κ2) is 7.79. The number of carbonyl (C=O) groups excluding carboxylic acids is 2. The second-order valence-electron chi connectivity index (χ2n) is 6.66. The molecule has 1 aliphatic heterocycles. The zero-order valence-corrected chi connectivity index (χ0v) is 14.4. The lowest BCUT2D eigenvalue weighted by molar-refractivity contribution is -0.133. The summed E-state index contributed by atoms with van der Waals surface area (Å²) in [7, 11) is 0. The number of nitrogens with one attached hydrogen (secondary N) is 2. The van der Waals surface area contributed by atoms with Crippen LogP contribution in [0.3, 0.4) is 0 Å². The van der Waals surface area contributed by atoms with Crippen molar-refractivity contribution in [3.05, 3.63) is 17.5 Å². The molecule has 0 unspecified atom stereocenters. The maximum atomic E-state index is 13.0. The minimum Gasteiger partial charge on any atom is -0.355 e. The second-order valence-corrected chi connectivity index (χ2v) is 6.66. The van der Waals surface area contributed by atoms with Crippen molar-refractivity contribution in [2.45, 2.75) is 38.5 Å². The molecule has 0 radical (unpaired) electrons. The highest BCUT2D eigenvalue weighted by Crippen LogP contribution is 2.31. The Balaban J connectivity index is 1.58. The number of aryl methyl sites for hydroxylation is 1. The van der Waals surface area contributed by atoms with Gasteiger partial charge >= 0.3 is 0 Å². The van der Waals surface area contributed by atoms with Crippen molar-refractivity contribution in [2.75, 3.05) is 39.3 Å². The number of aromatic nitrogens is 2. The van der Waals surface area contributed by atoms with Gasteiger partial charge in [0.15, 0.2) is 0 Å². The molecule has 2 aliphatic rings. The smallest absolute Gasteiger partial charge is 0.234 e. The number of nitrogens with zero attached hydrogens (tertiary/aromatic N) is 3. The van der Waals surface area contributed by atoms with Crippen molar-refractivity contribution in [2.24, 2.45) is 0 Å². The Hall–Kier alpha value is -1.89. The van der Waals surface area contributed by atoms with E-state index in [0.29, 0.717) is 19.6 Å². The first-order valence-corrected chi connectivity index (χ1v) is 8.99. The van der Waals surface area contributed by atoms with Crippen molar-refractivity contribution in [1.29, 1.82) is 0 Å². The summed E-state index contributed by atoms with van der Waals surface area (Å²) in [6.07, 6.45) is 5.65. The molecule has 1 aromatic heterocycles. The number of likely N-dealkylation sites (N-methyl/N-ethyl adjacent to an activating group) is 1. The monoisotopic (exact) mass is 333 g/mol. The standard InChI is InChI=1S/C17H27N5O2/c1-2-18-16(23)12-21-7-4-8-22(10-9-21)17(24)13-5-3-6-15-14(13)11-19-20-15/h11,13H,2-10,12H2,1H3,(H,18,23)(H,19,20)/t13-/m1/s1. The minimum atomic E-state index is -0.0533. The first-order valence-electron chi connectivity index (χ1n) is 8.99. The van der Waals surface area contributed by atoms with Crippen LogP contribution < -0.4 is 5.32 Å². The van der Waals surface area contributed by atoms with Gasteiger partial charge in [-0.3, -0.25) is 19.6 Å². The molecule has 1 atom stereocenters. The van der Waals surface area contributed by atoms with E-state index in [1.165, 1.54) is 0 Å². The predicted molar refractivity (Wildman–Crippen MR) is 90.6 cm³/mol. The highest BCUT2D eigenvalue weighted by atomic mass is 16.2. The van der Waals surface area contributed by atoms with Gasteiger partial charge in [-0.15, -0.1) is 0 Å². The fraction of sp³-hybridized carbons (Fsp3) is 0.706. The highest BCUT2D eigenvalue weighted by molar-refractivity contribution is 5.84. The van der Waals surface area contributed by atoms with Gasteiger partial charge in [0.2, 0.25) is 11.8 Å².